The zero-order valence-electron chi connectivity index (χ0n) is 13.2. The number of methoxy groups -OCH3 is 1. The van der Waals surface area contributed by atoms with E-state index in [2.05, 4.69) is 10.1 Å². The maximum absolute atomic E-state index is 12.5. The minimum atomic E-state index is -0.455. The molecule has 1 saturated heterocycles. The molecule has 0 bridgehead atoms. The van der Waals surface area contributed by atoms with Crippen molar-refractivity contribution in [1.29, 1.82) is 0 Å². The average Bonchev–Trinajstić information content (AvgIpc) is 2.54. The summed E-state index contributed by atoms with van der Waals surface area (Å²) in [5.74, 6) is -0.189. The largest absolute Gasteiger partial charge is 0.453 e. The summed E-state index contributed by atoms with van der Waals surface area (Å²) in [5, 5.41) is 2.74. The molecule has 0 aromatic heterocycles. The number of esters is 1. The second-order valence-electron chi connectivity index (χ2n) is 5.32. The highest BCUT2D eigenvalue weighted by molar-refractivity contribution is 5.94. The molecule has 1 aliphatic rings. The molecule has 1 N–H and O–H groups in total. The lowest BCUT2D eigenvalue weighted by molar-refractivity contribution is -0.131. The van der Waals surface area contributed by atoms with E-state index in [1.165, 1.54) is 14.0 Å². The smallest absolute Gasteiger partial charge is 0.407 e. The molecule has 1 aliphatic heterocycles. The number of piperidine rings is 1. The number of benzene rings is 1. The lowest BCUT2D eigenvalue weighted by atomic mass is 10.0. The van der Waals surface area contributed by atoms with Crippen molar-refractivity contribution >= 4 is 18.0 Å². The Hall–Kier alpha value is -2.57. The third-order valence-corrected chi connectivity index (χ3v) is 3.63. The van der Waals surface area contributed by atoms with Crippen LogP contribution in [0.5, 0.6) is 5.75 Å². The van der Waals surface area contributed by atoms with Crippen LogP contribution in [-0.4, -0.2) is 49.1 Å². The zero-order chi connectivity index (χ0) is 16.8. The molecule has 1 heterocycles. The monoisotopic (exact) mass is 320 g/mol. The van der Waals surface area contributed by atoms with Gasteiger partial charge in [0.05, 0.1) is 7.11 Å². The van der Waals surface area contributed by atoms with Gasteiger partial charge in [0.25, 0.3) is 5.91 Å². The van der Waals surface area contributed by atoms with Gasteiger partial charge in [0.15, 0.2) is 0 Å². The summed E-state index contributed by atoms with van der Waals surface area (Å²) < 4.78 is 9.56. The van der Waals surface area contributed by atoms with E-state index >= 15 is 0 Å². The number of nitrogens with zero attached hydrogens (tertiary/aromatic N) is 1. The molecule has 0 atom stereocenters. The number of rotatable bonds is 3. The van der Waals surface area contributed by atoms with E-state index in [4.69, 9.17) is 4.74 Å². The van der Waals surface area contributed by atoms with E-state index < -0.39 is 12.1 Å². The van der Waals surface area contributed by atoms with E-state index in [-0.39, 0.29) is 11.9 Å². The molecule has 0 spiro atoms. The Morgan fingerprint density at radius 3 is 2.52 bits per heavy atom. The first kappa shape index (κ1) is 16.8. The molecule has 1 fully saturated rings. The van der Waals surface area contributed by atoms with Crippen LogP contribution in [-0.2, 0) is 9.53 Å². The number of likely N-dealkylation sites (tertiary alicyclic amines) is 1. The van der Waals surface area contributed by atoms with Crippen molar-refractivity contribution in [2.75, 3.05) is 20.2 Å². The summed E-state index contributed by atoms with van der Waals surface area (Å²) in [4.78, 5) is 36.4. The number of nitrogens with one attached hydrogen (secondary N) is 1. The maximum Gasteiger partial charge on any atom is 0.407 e. The van der Waals surface area contributed by atoms with Crippen LogP contribution in [0.1, 0.15) is 30.1 Å². The lowest BCUT2D eigenvalue weighted by Gasteiger charge is -2.32. The molecule has 0 aliphatic carbocycles. The van der Waals surface area contributed by atoms with Crippen LogP contribution in [0.4, 0.5) is 4.79 Å². The molecular weight excluding hydrogens is 300 g/mol. The summed E-state index contributed by atoms with van der Waals surface area (Å²) >= 11 is 0. The van der Waals surface area contributed by atoms with E-state index in [9.17, 15) is 14.4 Å². The number of hydrogen-bond donors (Lipinski definition) is 1. The molecular formula is C16H20N2O5. The molecule has 23 heavy (non-hydrogen) atoms. The highest BCUT2D eigenvalue weighted by atomic mass is 16.5. The van der Waals surface area contributed by atoms with E-state index in [0.717, 1.165) is 0 Å². The van der Waals surface area contributed by atoms with Crippen LogP contribution < -0.4 is 10.1 Å². The summed E-state index contributed by atoms with van der Waals surface area (Å²) in [6.45, 7) is 2.41. The van der Waals surface area contributed by atoms with E-state index in [0.29, 0.717) is 37.2 Å². The van der Waals surface area contributed by atoms with Crippen molar-refractivity contribution in [3.8, 4) is 5.75 Å². The molecule has 0 unspecified atom stereocenters. The fraction of sp³-hybridized carbons (Fsp3) is 0.438. The highest BCUT2D eigenvalue weighted by Crippen LogP contribution is 2.18. The van der Waals surface area contributed by atoms with Crippen LogP contribution in [0.3, 0.4) is 0 Å². The van der Waals surface area contributed by atoms with Gasteiger partial charge >= 0.3 is 12.1 Å². The Labute approximate surface area is 134 Å². The van der Waals surface area contributed by atoms with Crippen molar-refractivity contribution < 1.29 is 23.9 Å². The lowest BCUT2D eigenvalue weighted by Crippen LogP contribution is -2.46. The predicted molar refractivity (Wildman–Crippen MR) is 82.2 cm³/mol. The van der Waals surface area contributed by atoms with Gasteiger partial charge in [-0.25, -0.2) is 4.79 Å². The Kier molecular flexibility index (Phi) is 5.56. The van der Waals surface area contributed by atoms with Gasteiger partial charge in [-0.3, -0.25) is 9.59 Å². The number of hydrogen-bond acceptors (Lipinski definition) is 5. The van der Waals surface area contributed by atoms with Gasteiger partial charge < -0.3 is 19.7 Å². The first-order chi connectivity index (χ1) is 11.0. The average molecular weight is 320 g/mol. The third-order valence-electron chi connectivity index (χ3n) is 3.63. The fourth-order valence-corrected chi connectivity index (χ4v) is 2.49. The second kappa shape index (κ2) is 7.62. The van der Waals surface area contributed by atoms with Gasteiger partial charge in [-0.2, -0.15) is 0 Å². The summed E-state index contributed by atoms with van der Waals surface area (Å²) in [6.07, 6.45) is 0.887. The predicted octanol–water partition coefficient (Wildman–Crippen LogP) is 1.57. The molecule has 2 amide bonds. The SMILES string of the molecule is COC(=O)NC1CCN(C(=O)c2cccc(OC(C)=O)c2)CC1. The Bertz CT molecular complexity index is 594. The third kappa shape index (κ3) is 4.70. The first-order valence-corrected chi connectivity index (χ1v) is 7.42. The number of amides is 2. The normalized spacial score (nSPS) is 15.0. The quantitative estimate of drug-likeness (QED) is 0.675. The van der Waals surface area contributed by atoms with Crippen molar-refractivity contribution in [2.45, 2.75) is 25.8 Å². The van der Waals surface area contributed by atoms with Crippen LogP contribution in [0.15, 0.2) is 24.3 Å². The van der Waals surface area contributed by atoms with Gasteiger partial charge in [0, 0.05) is 31.6 Å². The van der Waals surface area contributed by atoms with Crippen LogP contribution in [0.2, 0.25) is 0 Å². The molecule has 0 radical (unpaired) electrons. The Morgan fingerprint density at radius 1 is 1.22 bits per heavy atom. The first-order valence-electron chi connectivity index (χ1n) is 7.42. The van der Waals surface area contributed by atoms with E-state index in [1.54, 1.807) is 29.2 Å². The summed E-state index contributed by atoms with van der Waals surface area (Å²) in [6, 6.07) is 6.57. The van der Waals surface area contributed by atoms with Crippen molar-refractivity contribution in [2.24, 2.45) is 0 Å². The molecule has 1 aromatic rings. The maximum atomic E-state index is 12.5. The molecule has 0 saturated carbocycles. The Morgan fingerprint density at radius 2 is 1.91 bits per heavy atom. The standard InChI is InChI=1S/C16H20N2O5/c1-11(19)23-14-5-3-4-12(10-14)15(20)18-8-6-13(7-9-18)17-16(21)22-2/h3-5,10,13H,6-9H2,1-2H3,(H,17,21). The molecule has 7 nitrogen and oxygen atoms in total. The van der Waals surface area contributed by atoms with Gasteiger partial charge in [-0.05, 0) is 31.0 Å². The molecule has 124 valence electrons. The van der Waals surface area contributed by atoms with Gasteiger partial charge in [0.2, 0.25) is 0 Å². The molecule has 1 aromatic carbocycles. The molecule has 2 rings (SSSR count). The summed E-state index contributed by atoms with van der Waals surface area (Å²) in [5.41, 5.74) is 0.475. The highest BCUT2D eigenvalue weighted by Gasteiger charge is 2.25. The topological polar surface area (TPSA) is 84.9 Å². The second-order valence-corrected chi connectivity index (χ2v) is 5.32. The number of carbonyl (C=O) groups is 3. The number of ether oxygens (including phenoxy) is 2. The fourth-order valence-electron chi connectivity index (χ4n) is 2.49. The zero-order valence-corrected chi connectivity index (χ0v) is 13.2. The van der Waals surface area contributed by atoms with Crippen LogP contribution in [0, 0.1) is 0 Å². The summed E-state index contributed by atoms with van der Waals surface area (Å²) in [7, 11) is 1.32. The number of alkyl carbamates (subject to hydrolysis) is 1. The van der Waals surface area contributed by atoms with Crippen molar-refractivity contribution in [3.63, 3.8) is 0 Å². The van der Waals surface area contributed by atoms with Crippen molar-refractivity contribution in [3.05, 3.63) is 29.8 Å². The Balaban J connectivity index is 1.94. The van der Waals surface area contributed by atoms with Gasteiger partial charge in [0.1, 0.15) is 5.75 Å². The van der Waals surface area contributed by atoms with E-state index in [1.807, 2.05) is 0 Å². The van der Waals surface area contributed by atoms with Gasteiger partial charge in [-0.15, -0.1) is 0 Å². The number of carbonyl (C=O) groups excluding carboxylic acids is 3. The van der Waals surface area contributed by atoms with Crippen molar-refractivity contribution in [1.82, 2.24) is 10.2 Å². The molecule has 7 heteroatoms. The minimum absolute atomic E-state index is 0.0129. The van der Waals surface area contributed by atoms with Gasteiger partial charge in [-0.1, -0.05) is 6.07 Å². The van der Waals surface area contributed by atoms with Crippen LogP contribution in [0.25, 0.3) is 0 Å². The minimum Gasteiger partial charge on any atom is -0.453 e. The van der Waals surface area contributed by atoms with Crippen LogP contribution >= 0.6 is 0 Å².